The van der Waals surface area contributed by atoms with Crippen LogP contribution >= 0.6 is 11.8 Å². The van der Waals surface area contributed by atoms with E-state index in [2.05, 4.69) is 10.2 Å². The number of aliphatic hydroxyl groups excluding tert-OH is 1. The number of thioether (sulfide) groups is 1. The number of hydrogen-bond donors (Lipinski definition) is 1. The molecule has 0 amide bonds. The fourth-order valence-corrected chi connectivity index (χ4v) is 3.21. The van der Waals surface area contributed by atoms with E-state index in [1.807, 2.05) is 17.6 Å². The highest BCUT2D eigenvalue weighted by atomic mass is 32.2. The van der Waals surface area contributed by atoms with Crippen molar-refractivity contribution in [3.63, 3.8) is 0 Å². The molecule has 2 heterocycles. The largest absolute Gasteiger partial charge is 0.461 e. The molecule has 1 atom stereocenters. The lowest BCUT2D eigenvalue weighted by molar-refractivity contribution is 0.199. The minimum absolute atomic E-state index is 0.286. The second-order valence-electron chi connectivity index (χ2n) is 4.88. The highest BCUT2D eigenvalue weighted by Gasteiger charge is 2.18. The summed E-state index contributed by atoms with van der Waals surface area (Å²) in [6, 6.07) is 9.83. The zero-order valence-corrected chi connectivity index (χ0v) is 13.3. The van der Waals surface area contributed by atoms with E-state index < -0.39 is 11.9 Å². The number of aliphatic hydroxyl groups is 1. The standard InChI is InChI=1S/C16H16FN3O2S/c1-2-20-15(14-8-5-9-22-14)18-19-16(20)23-10-13(21)11-6-3-4-7-12(11)17/h3-9,13,21H,2,10H2,1H3. The van der Waals surface area contributed by atoms with Crippen LogP contribution in [0.15, 0.2) is 52.2 Å². The van der Waals surface area contributed by atoms with E-state index in [-0.39, 0.29) is 11.3 Å². The average Bonchev–Trinajstić information content (AvgIpc) is 3.21. The zero-order valence-electron chi connectivity index (χ0n) is 12.5. The quantitative estimate of drug-likeness (QED) is 0.699. The van der Waals surface area contributed by atoms with Crippen LogP contribution in [-0.4, -0.2) is 25.6 Å². The first kappa shape index (κ1) is 15.8. The van der Waals surface area contributed by atoms with Gasteiger partial charge in [0.05, 0.1) is 12.4 Å². The fourth-order valence-electron chi connectivity index (χ4n) is 2.26. The van der Waals surface area contributed by atoms with Crippen LogP contribution in [0.25, 0.3) is 11.6 Å². The van der Waals surface area contributed by atoms with Gasteiger partial charge < -0.3 is 9.52 Å². The molecule has 0 radical (unpaired) electrons. The Balaban J connectivity index is 1.75. The van der Waals surface area contributed by atoms with Gasteiger partial charge in [-0.15, -0.1) is 10.2 Å². The van der Waals surface area contributed by atoms with Gasteiger partial charge in [-0.25, -0.2) is 4.39 Å². The van der Waals surface area contributed by atoms with Crippen LogP contribution in [0.1, 0.15) is 18.6 Å². The number of benzene rings is 1. The van der Waals surface area contributed by atoms with Gasteiger partial charge in [-0.2, -0.15) is 0 Å². The van der Waals surface area contributed by atoms with Gasteiger partial charge in [0.1, 0.15) is 5.82 Å². The summed E-state index contributed by atoms with van der Waals surface area (Å²) in [6.45, 7) is 2.65. The van der Waals surface area contributed by atoms with Gasteiger partial charge in [0.2, 0.25) is 0 Å². The van der Waals surface area contributed by atoms with Crippen LogP contribution in [0.5, 0.6) is 0 Å². The monoisotopic (exact) mass is 333 g/mol. The molecule has 1 aromatic carbocycles. The summed E-state index contributed by atoms with van der Waals surface area (Å²) in [5.74, 6) is 1.16. The maximum Gasteiger partial charge on any atom is 0.200 e. The molecule has 3 aromatic rings. The summed E-state index contributed by atoms with van der Waals surface area (Å²) in [5, 5.41) is 19.1. The van der Waals surface area contributed by atoms with Crippen LogP contribution in [0.3, 0.4) is 0 Å². The van der Waals surface area contributed by atoms with Gasteiger partial charge in [0.15, 0.2) is 16.7 Å². The van der Waals surface area contributed by atoms with E-state index in [4.69, 9.17) is 4.42 Å². The van der Waals surface area contributed by atoms with E-state index >= 15 is 0 Å². The summed E-state index contributed by atoms with van der Waals surface area (Å²) < 4.78 is 20.9. The molecule has 0 bridgehead atoms. The maximum absolute atomic E-state index is 13.7. The van der Waals surface area contributed by atoms with Crippen molar-refractivity contribution in [3.8, 4) is 11.6 Å². The highest BCUT2D eigenvalue weighted by Crippen LogP contribution is 2.28. The molecule has 0 saturated carbocycles. The molecule has 5 nitrogen and oxygen atoms in total. The van der Waals surface area contributed by atoms with Crippen molar-refractivity contribution in [2.45, 2.75) is 24.7 Å². The normalized spacial score (nSPS) is 12.5. The van der Waals surface area contributed by atoms with Crippen molar-refractivity contribution in [3.05, 3.63) is 54.0 Å². The van der Waals surface area contributed by atoms with Gasteiger partial charge >= 0.3 is 0 Å². The van der Waals surface area contributed by atoms with Gasteiger partial charge in [-0.05, 0) is 25.1 Å². The van der Waals surface area contributed by atoms with Crippen molar-refractivity contribution < 1.29 is 13.9 Å². The van der Waals surface area contributed by atoms with Gasteiger partial charge in [-0.3, -0.25) is 4.57 Å². The Labute approximate surface area is 137 Å². The van der Waals surface area contributed by atoms with Crippen molar-refractivity contribution in [2.24, 2.45) is 0 Å². The molecule has 0 saturated heterocycles. The molecule has 7 heteroatoms. The zero-order chi connectivity index (χ0) is 16.2. The second kappa shape index (κ2) is 6.97. The number of hydrogen-bond acceptors (Lipinski definition) is 5. The Bertz CT molecular complexity index is 773. The van der Waals surface area contributed by atoms with E-state index in [9.17, 15) is 9.50 Å². The highest BCUT2D eigenvalue weighted by molar-refractivity contribution is 7.99. The summed E-state index contributed by atoms with van der Waals surface area (Å²) in [5.41, 5.74) is 0.286. The van der Waals surface area contributed by atoms with Crippen molar-refractivity contribution in [1.82, 2.24) is 14.8 Å². The van der Waals surface area contributed by atoms with E-state index in [0.29, 0.717) is 23.3 Å². The van der Waals surface area contributed by atoms with Gasteiger partial charge in [0.25, 0.3) is 0 Å². The Morgan fingerprint density at radius 2 is 2.09 bits per heavy atom. The topological polar surface area (TPSA) is 64.1 Å². The molecule has 0 aliphatic carbocycles. The average molecular weight is 333 g/mol. The number of furan rings is 1. The molecular formula is C16H16FN3O2S. The van der Waals surface area contributed by atoms with E-state index in [1.165, 1.54) is 17.8 Å². The molecule has 1 N–H and O–H groups in total. The Kier molecular flexibility index (Phi) is 4.78. The Morgan fingerprint density at radius 1 is 1.26 bits per heavy atom. The van der Waals surface area contributed by atoms with Crippen molar-refractivity contribution in [2.75, 3.05) is 5.75 Å². The minimum Gasteiger partial charge on any atom is -0.461 e. The molecule has 0 fully saturated rings. The predicted molar refractivity (Wildman–Crippen MR) is 85.5 cm³/mol. The van der Waals surface area contributed by atoms with Crippen LogP contribution in [0.4, 0.5) is 4.39 Å². The molecule has 3 rings (SSSR count). The van der Waals surface area contributed by atoms with Crippen LogP contribution in [0.2, 0.25) is 0 Å². The van der Waals surface area contributed by atoms with Crippen LogP contribution in [-0.2, 0) is 6.54 Å². The first-order chi connectivity index (χ1) is 11.2. The summed E-state index contributed by atoms with van der Waals surface area (Å²) in [7, 11) is 0. The molecular weight excluding hydrogens is 317 g/mol. The number of halogens is 1. The summed E-state index contributed by atoms with van der Waals surface area (Å²) in [4.78, 5) is 0. The summed E-state index contributed by atoms with van der Waals surface area (Å²) in [6.07, 6.45) is 0.675. The maximum atomic E-state index is 13.7. The first-order valence-electron chi connectivity index (χ1n) is 7.23. The molecule has 0 aliphatic heterocycles. The third-order valence-corrected chi connectivity index (χ3v) is 4.45. The lowest BCUT2D eigenvalue weighted by atomic mass is 10.1. The Hall–Kier alpha value is -2.12. The predicted octanol–water partition coefficient (Wildman–Crippen LogP) is 3.52. The number of nitrogens with zero attached hydrogens (tertiary/aromatic N) is 3. The van der Waals surface area contributed by atoms with E-state index in [1.54, 1.807) is 30.5 Å². The van der Waals surface area contributed by atoms with Crippen LogP contribution in [0, 0.1) is 5.82 Å². The second-order valence-corrected chi connectivity index (χ2v) is 5.86. The molecule has 0 spiro atoms. The smallest absolute Gasteiger partial charge is 0.200 e. The minimum atomic E-state index is -0.907. The van der Waals surface area contributed by atoms with Gasteiger partial charge in [0, 0.05) is 17.9 Å². The Morgan fingerprint density at radius 3 is 2.78 bits per heavy atom. The van der Waals surface area contributed by atoms with Crippen molar-refractivity contribution >= 4 is 11.8 Å². The lowest BCUT2D eigenvalue weighted by Gasteiger charge is -2.11. The van der Waals surface area contributed by atoms with Crippen molar-refractivity contribution in [1.29, 1.82) is 0 Å². The first-order valence-corrected chi connectivity index (χ1v) is 8.21. The molecule has 23 heavy (non-hydrogen) atoms. The fraction of sp³-hybridized carbons (Fsp3) is 0.250. The number of aromatic nitrogens is 3. The van der Waals surface area contributed by atoms with E-state index in [0.717, 1.165) is 0 Å². The lowest BCUT2D eigenvalue weighted by Crippen LogP contribution is -2.05. The SMILES string of the molecule is CCn1c(SCC(O)c2ccccc2F)nnc1-c1ccco1. The molecule has 0 aliphatic rings. The van der Waals surface area contributed by atoms with Crippen LogP contribution < -0.4 is 0 Å². The summed E-state index contributed by atoms with van der Waals surface area (Å²) >= 11 is 1.33. The third-order valence-electron chi connectivity index (χ3n) is 3.41. The molecule has 2 aromatic heterocycles. The third kappa shape index (κ3) is 3.30. The number of rotatable bonds is 6. The van der Waals surface area contributed by atoms with Gasteiger partial charge in [-0.1, -0.05) is 30.0 Å². The molecule has 1 unspecified atom stereocenters. The molecule has 120 valence electrons.